The Morgan fingerprint density at radius 2 is 1.85 bits per heavy atom. The number of hydrogen-bond donors (Lipinski definition) is 1. The van der Waals surface area contributed by atoms with Gasteiger partial charge in [-0.15, -0.1) is 0 Å². The molecule has 4 unspecified atom stereocenters. The van der Waals surface area contributed by atoms with Crippen molar-refractivity contribution in [2.75, 3.05) is 19.6 Å². The monoisotopic (exact) mass is 280 g/mol. The molecule has 1 saturated heterocycles. The third-order valence-electron chi connectivity index (χ3n) is 6.53. The molecule has 20 heavy (non-hydrogen) atoms. The van der Waals surface area contributed by atoms with Crippen molar-refractivity contribution in [1.29, 1.82) is 0 Å². The maximum Gasteiger partial charge on any atom is 0.0331 e. The van der Waals surface area contributed by atoms with Crippen LogP contribution in [0.2, 0.25) is 0 Å². The van der Waals surface area contributed by atoms with E-state index in [1.807, 2.05) is 0 Å². The fourth-order valence-corrected chi connectivity index (χ4v) is 4.43. The van der Waals surface area contributed by atoms with Crippen LogP contribution in [0.1, 0.15) is 66.2 Å². The predicted octanol–water partition coefficient (Wildman–Crippen LogP) is 3.90. The van der Waals surface area contributed by atoms with E-state index in [4.69, 9.17) is 5.73 Å². The smallest absolute Gasteiger partial charge is 0.0331 e. The second kappa shape index (κ2) is 6.79. The number of nitrogens with two attached hydrogens (primary N) is 1. The van der Waals surface area contributed by atoms with E-state index in [1.54, 1.807) is 0 Å². The molecule has 0 aromatic rings. The van der Waals surface area contributed by atoms with Crippen LogP contribution in [-0.2, 0) is 0 Å². The Kier molecular flexibility index (Phi) is 5.53. The molecule has 0 amide bonds. The number of hydrogen-bond acceptors (Lipinski definition) is 2. The molecule has 0 radical (unpaired) electrons. The summed E-state index contributed by atoms with van der Waals surface area (Å²) in [6, 6.07) is 0. The lowest BCUT2D eigenvalue weighted by Gasteiger charge is -2.48. The predicted molar refractivity (Wildman–Crippen MR) is 87.7 cm³/mol. The van der Waals surface area contributed by atoms with Crippen LogP contribution in [0.4, 0.5) is 0 Å². The third-order valence-corrected chi connectivity index (χ3v) is 6.53. The van der Waals surface area contributed by atoms with Crippen LogP contribution in [0.15, 0.2) is 0 Å². The highest BCUT2D eigenvalue weighted by Gasteiger charge is 2.40. The lowest BCUT2D eigenvalue weighted by molar-refractivity contribution is 0.0197. The molecule has 2 aliphatic rings. The van der Waals surface area contributed by atoms with Crippen molar-refractivity contribution in [3.05, 3.63) is 0 Å². The Morgan fingerprint density at radius 3 is 2.45 bits per heavy atom. The van der Waals surface area contributed by atoms with E-state index in [-0.39, 0.29) is 0 Å². The quantitative estimate of drug-likeness (QED) is 0.795. The summed E-state index contributed by atoms with van der Waals surface area (Å²) in [5.41, 5.74) is 6.62. The number of piperidine rings is 1. The Bertz CT molecular complexity index is 302. The SMILES string of the molecule is CC(C)C1CCCC(CN)(N2CCC(C)C(C)C2)CC1. The number of rotatable bonds is 3. The van der Waals surface area contributed by atoms with Crippen molar-refractivity contribution < 1.29 is 0 Å². The van der Waals surface area contributed by atoms with E-state index >= 15 is 0 Å². The summed E-state index contributed by atoms with van der Waals surface area (Å²) in [6.07, 6.45) is 8.19. The molecule has 1 aliphatic carbocycles. The molecule has 0 aromatic heterocycles. The summed E-state index contributed by atoms with van der Waals surface area (Å²) < 4.78 is 0. The largest absolute Gasteiger partial charge is 0.329 e. The molecule has 1 heterocycles. The van der Waals surface area contributed by atoms with Gasteiger partial charge < -0.3 is 5.73 Å². The molecular weight excluding hydrogens is 244 g/mol. The van der Waals surface area contributed by atoms with Gasteiger partial charge in [-0.25, -0.2) is 0 Å². The van der Waals surface area contributed by atoms with E-state index in [2.05, 4.69) is 32.6 Å². The van der Waals surface area contributed by atoms with Crippen molar-refractivity contribution in [2.24, 2.45) is 29.4 Å². The van der Waals surface area contributed by atoms with Gasteiger partial charge in [-0.1, -0.05) is 40.5 Å². The van der Waals surface area contributed by atoms with Crippen LogP contribution >= 0.6 is 0 Å². The summed E-state index contributed by atoms with van der Waals surface area (Å²) in [7, 11) is 0. The van der Waals surface area contributed by atoms with Crippen LogP contribution in [0, 0.1) is 23.7 Å². The van der Waals surface area contributed by atoms with Crippen LogP contribution in [0.3, 0.4) is 0 Å². The maximum absolute atomic E-state index is 6.30. The van der Waals surface area contributed by atoms with Gasteiger partial charge in [-0.2, -0.15) is 0 Å². The molecule has 118 valence electrons. The van der Waals surface area contributed by atoms with E-state index < -0.39 is 0 Å². The molecule has 2 nitrogen and oxygen atoms in total. The van der Waals surface area contributed by atoms with E-state index in [1.165, 1.54) is 51.6 Å². The second-order valence-electron chi connectivity index (χ2n) is 8.05. The highest BCUT2D eigenvalue weighted by atomic mass is 15.2. The lowest BCUT2D eigenvalue weighted by atomic mass is 9.81. The zero-order valence-corrected chi connectivity index (χ0v) is 14.2. The molecule has 0 aromatic carbocycles. The molecule has 4 atom stereocenters. The van der Waals surface area contributed by atoms with Gasteiger partial charge in [0.2, 0.25) is 0 Å². The molecule has 1 saturated carbocycles. The lowest BCUT2D eigenvalue weighted by Crippen LogP contribution is -2.57. The summed E-state index contributed by atoms with van der Waals surface area (Å²) in [5.74, 6) is 3.47. The second-order valence-corrected chi connectivity index (χ2v) is 8.05. The van der Waals surface area contributed by atoms with Crippen LogP contribution in [-0.4, -0.2) is 30.1 Å². The Morgan fingerprint density at radius 1 is 1.10 bits per heavy atom. The van der Waals surface area contributed by atoms with Crippen molar-refractivity contribution in [3.8, 4) is 0 Å². The van der Waals surface area contributed by atoms with Crippen molar-refractivity contribution in [2.45, 2.75) is 71.8 Å². The van der Waals surface area contributed by atoms with Crippen LogP contribution in [0.25, 0.3) is 0 Å². The van der Waals surface area contributed by atoms with Crippen LogP contribution in [0.5, 0.6) is 0 Å². The minimum atomic E-state index is 0.317. The highest BCUT2D eigenvalue weighted by Crippen LogP contribution is 2.39. The molecule has 2 fully saturated rings. The zero-order valence-electron chi connectivity index (χ0n) is 14.2. The van der Waals surface area contributed by atoms with E-state index in [9.17, 15) is 0 Å². The first-order valence-electron chi connectivity index (χ1n) is 8.93. The molecule has 0 spiro atoms. The van der Waals surface area contributed by atoms with Gasteiger partial charge in [-0.3, -0.25) is 4.90 Å². The first-order chi connectivity index (χ1) is 9.48. The first-order valence-corrected chi connectivity index (χ1v) is 8.93. The zero-order chi connectivity index (χ0) is 14.8. The molecule has 1 aliphatic heterocycles. The number of likely N-dealkylation sites (tertiary alicyclic amines) is 1. The van der Waals surface area contributed by atoms with Gasteiger partial charge in [-0.05, 0) is 55.9 Å². The van der Waals surface area contributed by atoms with Gasteiger partial charge in [0.25, 0.3) is 0 Å². The van der Waals surface area contributed by atoms with Gasteiger partial charge in [0.15, 0.2) is 0 Å². The van der Waals surface area contributed by atoms with Crippen molar-refractivity contribution in [3.63, 3.8) is 0 Å². The average molecular weight is 281 g/mol. The topological polar surface area (TPSA) is 29.3 Å². The van der Waals surface area contributed by atoms with Crippen molar-refractivity contribution in [1.82, 2.24) is 4.90 Å². The fourth-order valence-electron chi connectivity index (χ4n) is 4.43. The minimum absolute atomic E-state index is 0.317. The van der Waals surface area contributed by atoms with Gasteiger partial charge in [0.1, 0.15) is 0 Å². The molecule has 0 bridgehead atoms. The van der Waals surface area contributed by atoms with Gasteiger partial charge in [0, 0.05) is 18.6 Å². The normalized spacial score (nSPS) is 40.8. The van der Waals surface area contributed by atoms with Crippen molar-refractivity contribution >= 4 is 0 Å². The molecule has 2 heteroatoms. The maximum atomic E-state index is 6.30. The summed E-state index contributed by atoms with van der Waals surface area (Å²) in [5, 5.41) is 0. The Balaban J connectivity index is 2.05. The fraction of sp³-hybridized carbons (Fsp3) is 1.00. The summed E-state index contributed by atoms with van der Waals surface area (Å²) in [6.45, 7) is 13.0. The average Bonchev–Trinajstić information content (AvgIpc) is 2.65. The van der Waals surface area contributed by atoms with Gasteiger partial charge >= 0.3 is 0 Å². The Labute approximate surface area is 126 Å². The summed E-state index contributed by atoms with van der Waals surface area (Å²) >= 11 is 0. The highest BCUT2D eigenvalue weighted by molar-refractivity contribution is 4.96. The standard InChI is InChI=1S/C18H36N2/c1-14(2)17-6-5-9-18(13-19,10-7-17)20-11-8-15(3)16(4)12-20/h14-17H,5-13,19H2,1-4H3. The Hall–Kier alpha value is -0.0800. The van der Waals surface area contributed by atoms with E-state index in [0.29, 0.717) is 5.54 Å². The summed E-state index contributed by atoms with van der Waals surface area (Å²) in [4.78, 5) is 2.78. The van der Waals surface area contributed by atoms with E-state index in [0.717, 1.165) is 30.2 Å². The molecule has 2 N–H and O–H groups in total. The first kappa shape index (κ1) is 16.3. The minimum Gasteiger partial charge on any atom is -0.329 e. The van der Waals surface area contributed by atoms with Crippen LogP contribution < -0.4 is 5.73 Å². The third kappa shape index (κ3) is 3.39. The number of nitrogens with zero attached hydrogens (tertiary/aromatic N) is 1. The van der Waals surface area contributed by atoms with Gasteiger partial charge in [0.05, 0.1) is 0 Å². The molecule has 2 rings (SSSR count). The molecular formula is C18H36N2.